The maximum Gasteiger partial charge on any atom is 0.243 e. The van der Waals surface area contributed by atoms with Crippen molar-refractivity contribution in [1.29, 1.82) is 0 Å². The lowest BCUT2D eigenvalue weighted by atomic mass is 9.84. The number of anilines is 1. The average molecular weight is 474 g/mol. The van der Waals surface area contributed by atoms with E-state index in [1.165, 1.54) is 42.0 Å². The summed E-state index contributed by atoms with van der Waals surface area (Å²) in [4.78, 5) is 14.8. The Hall–Kier alpha value is -2.23. The number of sulfonamides is 1. The van der Waals surface area contributed by atoms with Gasteiger partial charge in [0.05, 0.1) is 17.6 Å². The Morgan fingerprint density at radius 3 is 2.33 bits per heavy atom. The number of hydrogen-bond acceptors (Lipinski definition) is 5. The summed E-state index contributed by atoms with van der Waals surface area (Å²) >= 11 is 0. The molecule has 0 spiro atoms. The Bertz CT molecular complexity index is 1030. The monoisotopic (exact) mass is 473 g/mol. The molecule has 0 bridgehead atoms. The predicted octanol–water partition coefficient (Wildman–Crippen LogP) is 3.46. The molecule has 1 saturated heterocycles. The van der Waals surface area contributed by atoms with Crippen molar-refractivity contribution >= 4 is 21.7 Å². The van der Waals surface area contributed by atoms with Crippen LogP contribution in [0.1, 0.15) is 63.5 Å². The number of carbonyl (C=O) groups is 1. The van der Waals surface area contributed by atoms with Crippen molar-refractivity contribution in [3.8, 4) is 0 Å². The highest BCUT2D eigenvalue weighted by molar-refractivity contribution is 7.89. The summed E-state index contributed by atoms with van der Waals surface area (Å²) in [5, 5.41) is 7.13. The summed E-state index contributed by atoms with van der Waals surface area (Å²) in [6, 6.07) is 9.44. The number of rotatable bonds is 7. The first-order chi connectivity index (χ1) is 15.8. The lowest BCUT2D eigenvalue weighted by Gasteiger charge is -2.33. The largest absolute Gasteiger partial charge is 0.310 e. The van der Waals surface area contributed by atoms with Gasteiger partial charge in [-0.2, -0.15) is 9.40 Å². The van der Waals surface area contributed by atoms with Gasteiger partial charge in [-0.25, -0.2) is 13.1 Å². The maximum atomic E-state index is 13.1. The topological polar surface area (TPSA) is 87.5 Å². The molecule has 4 rings (SSSR count). The summed E-state index contributed by atoms with van der Waals surface area (Å²) in [5.41, 5.74) is 1.25. The lowest BCUT2D eigenvalue weighted by Crippen LogP contribution is -2.50. The molecule has 1 aromatic heterocycles. The fourth-order valence-corrected chi connectivity index (χ4v) is 6.26. The number of aromatic nitrogens is 2. The third-order valence-electron chi connectivity index (χ3n) is 6.72. The first-order valence-corrected chi connectivity index (χ1v) is 13.4. The molecular weight excluding hydrogens is 438 g/mol. The molecule has 1 saturated carbocycles. The zero-order valence-corrected chi connectivity index (χ0v) is 20.4. The van der Waals surface area contributed by atoms with E-state index in [1.807, 2.05) is 30.9 Å². The van der Waals surface area contributed by atoms with Crippen molar-refractivity contribution in [2.24, 2.45) is 0 Å². The molecule has 2 aromatic rings. The van der Waals surface area contributed by atoms with Crippen LogP contribution in [0, 0.1) is 0 Å². The van der Waals surface area contributed by atoms with E-state index >= 15 is 0 Å². The van der Waals surface area contributed by atoms with Crippen molar-refractivity contribution in [2.45, 2.75) is 62.8 Å². The van der Waals surface area contributed by atoms with Crippen molar-refractivity contribution in [2.75, 3.05) is 38.0 Å². The zero-order chi connectivity index (χ0) is 23.4. The summed E-state index contributed by atoms with van der Waals surface area (Å²) in [5.74, 6) is 1.12. The van der Waals surface area contributed by atoms with Gasteiger partial charge in [0.25, 0.3) is 0 Å². The molecule has 2 fully saturated rings. The van der Waals surface area contributed by atoms with Crippen molar-refractivity contribution in [3.63, 3.8) is 0 Å². The normalized spacial score (nSPS) is 19.1. The van der Waals surface area contributed by atoms with Crippen LogP contribution in [0.25, 0.3) is 0 Å². The van der Waals surface area contributed by atoms with E-state index < -0.39 is 10.0 Å². The van der Waals surface area contributed by atoms with Gasteiger partial charge in [-0.05, 0) is 50.3 Å². The van der Waals surface area contributed by atoms with Crippen molar-refractivity contribution < 1.29 is 13.2 Å². The molecular formula is C24H35N5O3S. The third-order valence-corrected chi connectivity index (χ3v) is 8.63. The summed E-state index contributed by atoms with van der Waals surface area (Å²) in [6.45, 7) is 6.05. The highest BCUT2D eigenvalue weighted by atomic mass is 32.2. The quantitative estimate of drug-likeness (QED) is 0.665. The molecule has 8 nitrogen and oxygen atoms in total. The first-order valence-electron chi connectivity index (χ1n) is 12.0. The molecule has 1 aliphatic heterocycles. The average Bonchev–Trinajstić information content (AvgIpc) is 3.28. The van der Waals surface area contributed by atoms with Gasteiger partial charge in [-0.15, -0.1) is 0 Å². The molecule has 1 N–H and O–H groups in total. The van der Waals surface area contributed by atoms with Crippen LogP contribution in [-0.4, -0.2) is 66.0 Å². The van der Waals surface area contributed by atoms with Crippen LogP contribution in [0.2, 0.25) is 0 Å². The molecule has 0 atom stereocenters. The van der Waals surface area contributed by atoms with Gasteiger partial charge in [-0.3, -0.25) is 9.69 Å². The number of nitrogens with zero attached hydrogens (tertiary/aromatic N) is 4. The second-order valence-electron chi connectivity index (χ2n) is 9.39. The standard InChI is InChI=1S/C24H35N5O3S/c1-19(2)29-23(12-13-25-29)26-24(30)18-27-14-16-28(17-15-27)33(31,32)22-10-8-21(9-11-22)20-6-4-3-5-7-20/h8-13,19-20H,3-7,14-18H2,1-2H3,(H,26,30). The number of benzene rings is 1. The molecule has 0 unspecified atom stereocenters. The molecule has 9 heteroatoms. The van der Waals surface area contributed by atoms with Gasteiger partial charge in [0.2, 0.25) is 15.9 Å². The van der Waals surface area contributed by atoms with Crippen LogP contribution in [0.3, 0.4) is 0 Å². The summed E-state index contributed by atoms with van der Waals surface area (Å²) < 4.78 is 29.6. The Kier molecular flexibility index (Phi) is 7.51. The third kappa shape index (κ3) is 5.65. The Balaban J connectivity index is 1.30. The van der Waals surface area contributed by atoms with E-state index in [1.54, 1.807) is 29.1 Å². The predicted molar refractivity (Wildman–Crippen MR) is 129 cm³/mol. The SMILES string of the molecule is CC(C)n1nccc1NC(=O)CN1CCN(S(=O)(=O)c2ccc(C3CCCCC3)cc2)CC1. The minimum absolute atomic E-state index is 0.119. The molecule has 1 aliphatic carbocycles. The molecule has 1 amide bonds. The molecule has 33 heavy (non-hydrogen) atoms. The Morgan fingerprint density at radius 2 is 1.70 bits per heavy atom. The van der Waals surface area contributed by atoms with Gasteiger partial charge >= 0.3 is 0 Å². The van der Waals surface area contributed by atoms with E-state index in [9.17, 15) is 13.2 Å². The zero-order valence-electron chi connectivity index (χ0n) is 19.6. The highest BCUT2D eigenvalue weighted by Crippen LogP contribution is 2.33. The van der Waals surface area contributed by atoms with Crippen LogP contribution in [0.15, 0.2) is 41.4 Å². The van der Waals surface area contributed by atoms with E-state index in [-0.39, 0.29) is 18.5 Å². The fraction of sp³-hybridized carbons (Fsp3) is 0.583. The van der Waals surface area contributed by atoms with Gasteiger partial charge in [0.15, 0.2) is 0 Å². The number of piperazine rings is 1. The molecule has 180 valence electrons. The minimum atomic E-state index is -3.52. The van der Waals surface area contributed by atoms with Crippen molar-refractivity contribution in [1.82, 2.24) is 19.0 Å². The second kappa shape index (κ2) is 10.4. The van der Waals surface area contributed by atoms with Crippen LogP contribution >= 0.6 is 0 Å². The van der Waals surface area contributed by atoms with Gasteiger partial charge in [0, 0.05) is 38.3 Å². The summed E-state index contributed by atoms with van der Waals surface area (Å²) in [6.07, 6.45) is 7.88. The smallest absolute Gasteiger partial charge is 0.243 e. The van der Waals surface area contributed by atoms with E-state index in [4.69, 9.17) is 0 Å². The molecule has 1 aromatic carbocycles. The first kappa shape index (κ1) is 23.9. The number of amides is 1. The molecule has 0 radical (unpaired) electrons. The fourth-order valence-electron chi connectivity index (χ4n) is 4.84. The van der Waals surface area contributed by atoms with Gasteiger partial charge in [-0.1, -0.05) is 31.4 Å². The summed E-state index contributed by atoms with van der Waals surface area (Å²) in [7, 11) is -3.52. The van der Waals surface area contributed by atoms with Crippen molar-refractivity contribution in [3.05, 3.63) is 42.1 Å². The van der Waals surface area contributed by atoms with E-state index in [0.29, 0.717) is 42.8 Å². The van der Waals surface area contributed by atoms with Gasteiger partial charge < -0.3 is 5.32 Å². The molecule has 2 heterocycles. The maximum absolute atomic E-state index is 13.1. The minimum Gasteiger partial charge on any atom is -0.310 e. The van der Waals surface area contributed by atoms with Gasteiger partial charge in [0.1, 0.15) is 5.82 Å². The van der Waals surface area contributed by atoms with E-state index in [2.05, 4.69) is 10.4 Å². The Morgan fingerprint density at radius 1 is 1.03 bits per heavy atom. The number of carbonyl (C=O) groups excluding carboxylic acids is 1. The lowest BCUT2D eigenvalue weighted by molar-refractivity contribution is -0.117. The van der Waals surface area contributed by atoms with Crippen LogP contribution < -0.4 is 5.32 Å². The van der Waals surface area contributed by atoms with Crippen LogP contribution in [0.5, 0.6) is 0 Å². The number of hydrogen-bond donors (Lipinski definition) is 1. The second-order valence-corrected chi connectivity index (χ2v) is 11.3. The molecule has 2 aliphatic rings. The number of nitrogens with one attached hydrogen (secondary N) is 1. The van der Waals surface area contributed by atoms with E-state index in [0.717, 1.165) is 0 Å². The Labute approximate surface area is 197 Å². The van der Waals surface area contributed by atoms with Crippen LogP contribution in [0.4, 0.5) is 5.82 Å². The van der Waals surface area contributed by atoms with Crippen LogP contribution in [-0.2, 0) is 14.8 Å². The highest BCUT2D eigenvalue weighted by Gasteiger charge is 2.29.